The van der Waals surface area contributed by atoms with Gasteiger partial charge in [0.1, 0.15) is 0 Å². The van der Waals surface area contributed by atoms with Gasteiger partial charge in [-0.2, -0.15) is 0 Å². The Labute approximate surface area is 114 Å². The summed E-state index contributed by atoms with van der Waals surface area (Å²) in [5.41, 5.74) is 1.47. The van der Waals surface area contributed by atoms with E-state index in [9.17, 15) is 0 Å². The smallest absolute Gasteiger partial charge is 0.161 e. The molecule has 0 unspecified atom stereocenters. The molecular formula is C16H21NO2. The highest BCUT2D eigenvalue weighted by atomic mass is 16.5. The number of hydrogen-bond donors (Lipinski definition) is 1. The van der Waals surface area contributed by atoms with Crippen LogP contribution in [0.2, 0.25) is 0 Å². The van der Waals surface area contributed by atoms with E-state index in [1.165, 1.54) is 18.4 Å². The second kappa shape index (κ2) is 4.89. The molecule has 1 aromatic carbocycles. The van der Waals surface area contributed by atoms with Gasteiger partial charge >= 0.3 is 0 Å². The van der Waals surface area contributed by atoms with E-state index in [2.05, 4.69) is 29.6 Å². The number of nitrogens with one attached hydrogen (secondary N) is 1. The fourth-order valence-electron chi connectivity index (χ4n) is 3.49. The van der Waals surface area contributed by atoms with Gasteiger partial charge in [0.05, 0.1) is 14.2 Å². The predicted molar refractivity (Wildman–Crippen MR) is 76.0 cm³/mol. The summed E-state index contributed by atoms with van der Waals surface area (Å²) in [6, 6.07) is 6.88. The van der Waals surface area contributed by atoms with Crippen LogP contribution in [0, 0.1) is 0 Å². The van der Waals surface area contributed by atoms with E-state index in [-0.39, 0.29) is 5.41 Å². The zero-order valence-corrected chi connectivity index (χ0v) is 11.6. The molecule has 1 N–H and O–H groups in total. The number of benzene rings is 1. The summed E-state index contributed by atoms with van der Waals surface area (Å²) in [5.74, 6) is 1.61. The minimum Gasteiger partial charge on any atom is -0.493 e. The summed E-state index contributed by atoms with van der Waals surface area (Å²) < 4.78 is 10.8. The van der Waals surface area contributed by atoms with Gasteiger partial charge in [-0.05, 0) is 43.5 Å². The average molecular weight is 259 g/mol. The molecule has 0 saturated carbocycles. The number of fused-ring (bicyclic) bond motifs is 1. The van der Waals surface area contributed by atoms with Crippen molar-refractivity contribution in [1.29, 1.82) is 0 Å². The second-order valence-electron chi connectivity index (χ2n) is 5.35. The molecule has 1 fully saturated rings. The normalized spacial score (nSPS) is 29.1. The highest BCUT2D eigenvalue weighted by molar-refractivity contribution is 5.48. The van der Waals surface area contributed by atoms with E-state index < -0.39 is 0 Å². The molecule has 3 nitrogen and oxygen atoms in total. The SMILES string of the molecule is COc1ccc([C@@]23C=CCC[C@@H]2NCC3)cc1OC. The van der Waals surface area contributed by atoms with Gasteiger partial charge in [0, 0.05) is 11.5 Å². The van der Waals surface area contributed by atoms with Gasteiger partial charge in [-0.1, -0.05) is 18.2 Å². The molecule has 1 aromatic rings. The zero-order valence-electron chi connectivity index (χ0n) is 11.6. The number of hydrogen-bond acceptors (Lipinski definition) is 3. The van der Waals surface area contributed by atoms with E-state index in [1.54, 1.807) is 14.2 Å². The van der Waals surface area contributed by atoms with Crippen LogP contribution < -0.4 is 14.8 Å². The maximum atomic E-state index is 5.44. The van der Waals surface area contributed by atoms with Gasteiger partial charge in [-0.25, -0.2) is 0 Å². The maximum absolute atomic E-state index is 5.44. The van der Waals surface area contributed by atoms with Crippen LogP contribution in [0.4, 0.5) is 0 Å². The molecule has 0 aromatic heterocycles. The third-order valence-corrected chi connectivity index (χ3v) is 4.51. The summed E-state index contributed by atoms with van der Waals surface area (Å²) in [6.07, 6.45) is 8.25. The van der Waals surface area contributed by atoms with Gasteiger partial charge in [-0.3, -0.25) is 0 Å². The third kappa shape index (κ3) is 1.93. The molecule has 3 heteroatoms. The lowest BCUT2D eigenvalue weighted by atomic mass is 9.70. The monoisotopic (exact) mass is 259 g/mol. The molecule has 102 valence electrons. The van der Waals surface area contributed by atoms with Crippen molar-refractivity contribution in [3.05, 3.63) is 35.9 Å². The van der Waals surface area contributed by atoms with E-state index in [4.69, 9.17) is 9.47 Å². The van der Waals surface area contributed by atoms with E-state index in [0.717, 1.165) is 24.5 Å². The van der Waals surface area contributed by atoms with E-state index in [1.807, 2.05) is 6.07 Å². The molecule has 1 aliphatic carbocycles. The standard InChI is InChI=1S/C16H21NO2/c1-18-13-7-6-12(11-14(13)19-2)16-8-4-3-5-15(16)17-10-9-16/h4,6-8,11,15,17H,3,5,9-10H2,1-2H3/t15-,16-/m0/s1. The number of ether oxygens (including phenoxy) is 2. The highest BCUT2D eigenvalue weighted by Gasteiger charge is 2.43. The van der Waals surface area contributed by atoms with Crippen LogP contribution >= 0.6 is 0 Å². The minimum atomic E-state index is 0.137. The lowest BCUT2D eigenvalue weighted by Gasteiger charge is -2.36. The molecule has 0 amide bonds. The second-order valence-corrected chi connectivity index (χ2v) is 5.35. The third-order valence-electron chi connectivity index (χ3n) is 4.51. The van der Waals surface area contributed by atoms with Crippen molar-refractivity contribution in [2.24, 2.45) is 0 Å². The number of allylic oxidation sites excluding steroid dienone is 1. The predicted octanol–water partition coefficient (Wildman–Crippen LogP) is 2.65. The lowest BCUT2D eigenvalue weighted by Crippen LogP contribution is -2.40. The van der Waals surface area contributed by atoms with Crippen molar-refractivity contribution in [3.63, 3.8) is 0 Å². The van der Waals surface area contributed by atoms with E-state index in [0.29, 0.717) is 6.04 Å². The molecule has 1 heterocycles. The largest absolute Gasteiger partial charge is 0.493 e. The molecule has 0 radical (unpaired) electrons. The Morgan fingerprint density at radius 3 is 2.84 bits per heavy atom. The Kier molecular flexibility index (Phi) is 3.23. The lowest BCUT2D eigenvalue weighted by molar-refractivity contribution is 0.351. The molecule has 1 saturated heterocycles. The molecule has 2 atom stereocenters. The Bertz CT molecular complexity index is 498. The van der Waals surface area contributed by atoms with Crippen molar-refractivity contribution >= 4 is 0 Å². The van der Waals surface area contributed by atoms with Gasteiger partial charge in [0.2, 0.25) is 0 Å². The molecular weight excluding hydrogens is 238 g/mol. The zero-order chi connectivity index (χ0) is 13.3. The first-order valence-electron chi connectivity index (χ1n) is 6.94. The minimum absolute atomic E-state index is 0.137. The molecule has 2 aliphatic rings. The highest BCUT2D eigenvalue weighted by Crippen LogP contribution is 2.43. The summed E-state index contributed by atoms with van der Waals surface area (Å²) in [6.45, 7) is 1.09. The summed E-state index contributed by atoms with van der Waals surface area (Å²) in [4.78, 5) is 0. The van der Waals surface area contributed by atoms with Crippen LogP contribution in [0.5, 0.6) is 11.5 Å². The van der Waals surface area contributed by atoms with Crippen LogP contribution in [0.1, 0.15) is 24.8 Å². The topological polar surface area (TPSA) is 30.5 Å². The molecule has 3 rings (SSSR count). The van der Waals surface area contributed by atoms with Crippen LogP contribution in [0.25, 0.3) is 0 Å². The van der Waals surface area contributed by atoms with Gasteiger partial charge in [0.15, 0.2) is 11.5 Å². The maximum Gasteiger partial charge on any atom is 0.161 e. The fraction of sp³-hybridized carbons (Fsp3) is 0.500. The van der Waals surface area contributed by atoms with Crippen LogP contribution in [0.3, 0.4) is 0 Å². The summed E-state index contributed by atoms with van der Waals surface area (Å²) >= 11 is 0. The summed E-state index contributed by atoms with van der Waals surface area (Å²) in [7, 11) is 3.37. The van der Waals surface area contributed by atoms with Crippen molar-refractivity contribution in [3.8, 4) is 11.5 Å². The van der Waals surface area contributed by atoms with E-state index >= 15 is 0 Å². The first kappa shape index (κ1) is 12.5. The first-order chi connectivity index (χ1) is 9.30. The Morgan fingerprint density at radius 1 is 1.21 bits per heavy atom. The van der Waals surface area contributed by atoms with Crippen molar-refractivity contribution in [2.45, 2.75) is 30.7 Å². The quantitative estimate of drug-likeness (QED) is 0.847. The molecule has 0 spiro atoms. The van der Waals surface area contributed by atoms with Gasteiger partial charge < -0.3 is 14.8 Å². The van der Waals surface area contributed by atoms with Crippen LogP contribution in [-0.2, 0) is 5.41 Å². The first-order valence-corrected chi connectivity index (χ1v) is 6.94. The van der Waals surface area contributed by atoms with Crippen molar-refractivity contribution in [2.75, 3.05) is 20.8 Å². The number of rotatable bonds is 3. The Morgan fingerprint density at radius 2 is 2.05 bits per heavy atom. The average Bonchev–Trinajstić information content (AvgIpc) is 2.91. The molecule has 1 aliphatic heterocycles. The van der Waals surface area contributed by atoms with Gasteiger partial charge in [-0.15, -0.1) is 0 Å². The molecule has 19 heavy (non-hydrogen) atoms. The van der Waals surface area contributed by atoms with Crippen LogP contribution in [0.15, 0.2) is 30.4 Å². The van der Waals surface area contributed by atoms with Crippen LogP contribution in [-0.4, -0.2) is 26.8 Å². The Balaban J connectivity index is 2.05. The molecule has 0 bridgehead atoms. The van der Waals surface area contributed by atoms with Gasteiger partial charge in [0.25, 0.3) is 0 Å². The Hall–Kier alpha value is -1.48. The van der Waals surface area contributed by atoms with Crippen molar-refractivity contribution in [1.82, 2.24) is 5.32 Å². The summed E-state index contributed by atoms with van der Waals surface area (Å²) in [5, 5.41) is 3.64. The van der Waals surface area contributed by atoms with Crippen molar-refractivity contribution < 1.29 is 9.47 Å². The number of methoxy groups -OCH3 is 2. The fourth-order valence-corrected chi connectivity index (χ4v) is 3.49.